The Bertz CT molecular complexity index is 1040. The molecule has 1 aromatic rings. The Labute approximate surface area is 188 Å². The van der Waals surface area contributed by atoms with Gasteiger partial charge >= 0.3 is 5.97 Å². The van der Waals surface area contributed by atoms with E-state index in [2.05, 4.69) is 0 Å². The van der Waals surface area contributed by atoms with E-state index in [0.717, 1.165) is 0 Å². The first-order valence-electron chi connectivity index (χ1n) is 10.7. The standard InChI is InChI=1S/C19H29N3O8S2/c1-3-14-31(25,26)22-9-5-6-15(22)18(23)20-10-12-21(13-11-20)32(27,28)17-8-7-16(30-17)19(24)29-4-2/h7-8,15H,3-6,9-14H2,1-2H3. The van der Waals surface area contributed by atoms with E-state index in [4.69, 9.17) is 9.15 Å². The lowest BCUT2D eigenvalue weighted by atomic mass is 10.2. The molecule has 13 heteroatoms. The Morgan fingerprint density at radius 1 is 1.06 bits per heavy atom. The van der Waals surface area contributed by atoms with Crippen LogP contribution in [0.1, 0.15) is 43.7 Å². The zero-order valence-electron chi connectivity index (χ0n) is 18.2. The third-order valence-corrected chi connectivity index (χ3v) is 9.36. The number of amides is 1. The maximum Gasteiger partial charge on any atom is 0.374 e. The van der Waals surface area contributed by atoms with Crippen LogP contribution in [-0.4, -0.2) is 93.3 Å². The molecule has 0 saturated carbocycles. The third kappa shape index (κ3) is 5.00. The molecule has 0 radical (unpaired) electrons. The maximum absolute atomic E-state index is 13.0. The first-order valence-corrected chi connectivity index (χ1v) is 13.7. The molecule has 2 saturated heterocycles. The molecule has 0 aliphatic carbocycles. The first-order chi connectivity index (χ1) is 15.1. The minimum Gasteiger partial charge on any atom is -0.460 e. The molecule has 3 heterocycles. The van der Waals surface area contributed by atoms with E-state index < -0.39 is 32.1 Å². The van der Waals surface area contributed by atoms with Gasteiger partial charge in [-0.1, -0.05) is 6.92 Å². The van der Waals surface area contributed by atoms with Gasteiger partial charge in [-0.25, -0.2) is 21.6 Å². The molecule has 0 spiro atoms. The second-order valence-corrected chi connectivity index (χ2v) is 11.6. The lowest BCUT2D eigenvalue weighted by molar-refractivity contribution is -0.135. The molecule has 3 rings (SSSR count). The molecule has 1 atom stereocenters. The topological polar surface area (TPSA) is 135 Å². The maximum atomic E-state index is 13.0. The summed E-state index contributed by atoms with van der Waals surface area (Å²) in [5.41, 5.74) is 0. The molecule has 180 valence electrons. The van der Waals surface area contributed by atoms with Crippen molar-refractivity contribution in [3.05, 3.63) is 17.9 Å². The molecule has 1 unspecified atom stereocenters. The van der Waals surface area contributed by atoms with Crippen molar-refractivity contribution >= 4 is 31.9 Å². The molecule has 2 fully saturated rings. The van der Waals surface area contributed by atoms with Crippen LogP contribution >= 0.6 is 0 Å². The van der Waals surface area contributed by atoms with E-state index in [1.54, 1.807) is 13.8 Å². The van der Waals surface area contributed by atoms with Gasteiger partial charge in [0.1, 0.15) is 6.04 Å². The highest BCUT2D eigenvalue weighted by atomic mass is 32.2. The number of esters is 1. The van der Waals surface area contributed by atoms with Crippen LogP contribution in [0.15, 0.2) is 21.6 Å². The summed E-state index contributed by atoms with van der Waals surface area (Å²) in [5.74, 6) is -1.24. The average Bonchev–Trinajstić information content (AvgIpc) is 3.44. The second kappa shape index (κ2) is 9.89. The van der Waals surface area contributed by atoms with E-state index in [-0.39, 0.29) is 55.3 Å². The third-order valence-electron chi connectivity index (χ3n) is 5.51. The van der Waals surface area contributed by atoms with Gasteiger partial charge in [0.15, 0.2) is 0 Å². The zero-order chi connectivity index (χ0) is 23.5. The van der Waals surface area contributed by atoms with Crippen molar-refractivity contribution in [3.63, 3.8) is 0 Å². The summed E-state index contributed by atoms with van der Waals surface area (Å²) in [6, 6.07) is 1.72. The summed E-state index contributed by atoms with van der Waals surface area (Å²) < 4.78 is 63.2. The van der Waals surface area contributed by atoms with E-state index >= 15 is 0 Å². The SMILES string of the molecule is CCCS(=O)(=O)N1CCCC1C(=O)N1CCN(S(=O)(=O)c2ccc(C(=O)OCC)o2)CC1. The summed E-state index contributed by atoms with van der Waals surface area (Å²) in [5, 5.41) is -0.368. The monoisotopic (exact) mass is 491 g/mol. The number of carbonyl (C=O) groups excluding carboxylic acids is 2. The lowest BCUT2D eigenvalue weighted by Gasteiger charge is -2.36. The molecule has 11 nitrogen and oxygen atoms in total. The Morgan fingerprint density at radius 3 is 2.38 bits per heavy atom. The molecule has 0 bridgehead atoms. The predicted molar refractivity (Wildman–Crippen MR) is 114 cm³/mol. The van der Waals surface area contributed by atoms with Crippen LogP contribution in [0.4, 0.5) is 0 Å². The van der Waals surface area contributed by atoms with Gasteiger partial charge < -0.3 is 14.1 Å². The van der Waals surface area contributed by atoms with Crippen molar-refractivity contribution < 1.29 is 35.6 Å². The van der Waals surface area contributed by atoms with Gasteiger partial charge in [-0.05, 0) is 38.3 Å². The van der Waals surface area contributed by atoms with Gasteiger partial charge in [0.2, 0.25) is 26.8 Å². The minimum atomic E-state index is -3.98. The van der Waals surface area contributed by atoms with Crippen LogP contribution in [0, 0.1) is 0 Å². The Balaban J connectivity index is 1.64. The van der Waals surface area contributed by atoms with Crippen LogP contribution < -0.4 is 0 Å². The number of nitrogens with zero attached hydrogens (tertiary/aromatic N) is 3. The number of rotatable bonds is 8. The van der Waals surface area contributed by atoms with Crippen LogP contribution in [0.5, 0.6) is 0 Å². The fraction of sp³-hybridized carbons (Fsp3) is 0.684. The second-order valence-electron chi connectivity index (χ2n) is 7.65. The van der Waals surface area contributed by atoms with E-state index in [0.29, 0.717) is 25.8 Å². The van der Waals surface area contributed by atoms with Gasteiger partial charge in [0, 0.05) is 32.7 Å². The van der Waals surface area contributed by atoms with Crippen LogP contribution in [0.3, 0.4) is 0 Å². The van der Waals surface area contributed by atoms with E-state index in [1.165, 1.54) is 25.6 Å². The molecule has 1 amide bonds. The first kappa shape index (κ1) is 24.7. The van der Waals surface area contributed by atoms with Gasteiger partial charge in [-0.3, -0.25) is 4.79 Å². The molecule has 2 aliphatic heterocycles. The molecular weight excluding hydrogens is 462 g/mol. The van der Waals surface area contributed by atoms with Crippen LogP contribution in [0.2, 0.25) is 0 Å². The number of ether oxygens (including phenoxy) is 1. The largest absolute Gasteiger partial charge is 0.460 e. The van der Waals surface area contributed by atoms with Crippen molar-refractivity contribution in [3.8, 4) is 0 Å². The minimum absolute atomic E-state index is 0.000262. The van der Waals surface area contributed by atoms with Crippen molar-refractivity contribution in [1.29, 1.82) is 0 Å². The number of piperazine rings is 1. The smallest absolute Gasteiger partial charge is 0.374 e. The Morgan fingerprint density at radius 2 is 1.75 bits per heavy atom. The molecule has 1 aromatic heterocycles. The Hall–Kier alpha value is -1.96. The molecule has 32 heavy (non-hydrogen) atoms. The van der Waals surface area contributed by atoms with Crippen molar-refractivity contribution in [2.75, 3.05) is 45.1 Å². The van der Waals surface area contributed by atoms with Crippen LogP contribution in [-0.2, 0) is 29.6 Å². The molecule has 0 aromatic carbocycles. The summed E-state index contributed by atoms with van der Waals surface area (Å²) in [6.07, 6.45) is 1.55. The van der Waals surface area contributed by atoms with E-state index in [9.17, 15) is 26.4 Å². The Kier molecular flexibility index (Phi) is 7.63. The summed E-state index contributed by atoms with van der Waals surface area (Å²) >= 11 is 0. The van der Waals surface area contributed by atoms with Gasteiger partial charge in [-0.15, -0.1) is 0 Å². The van der Waals surface area contributed by atoms with Gasteiger partial charge in [-0.2, -0.15) is 8.61 Å². The normalized spacial score (nSPS) is 21.1. The predicted octanol–water partition coefficient (Wildman–Crippen LogP) is 0.493. The quantitative estimate of drug-likeness (QED) is 0.480. The highest BCUT2D eigenvalue weighted by molar-refractivity contribution is 7.89. The van der Waals surface area contributed by atoms with Crippen molar-refractivity contribution in [2.45, 2.75) is 44.2 Å². The highest BCUT2D eigenvalue weighted by Gasteiger charge is 2.41. The number of hydrogen-bond acceptors (Lipinski definition) is 8. The lowest BCUT2D eigenvalue weighted by Crippen LogP contribution is -2.55. The van der Waals surface area contributed by atoms with Gasteiger partial charge in [0.25, 0.3) is 10.0 Å². The molecule has 2 aliphatic rings. The van der Waals surface area contributed by atoms with Gasteiger partial charge in [0.05, 0.1) is 12.4 Å². The fourth-order valence-electron chi connectivity index (χ4n) is 3.95. The number of furan rings is 1. The fourth-order valence-corrected chi connectivity index (χ4v) is 7.03. The summed E-state index contributed by atoms with van der Waals surface area (Å²) in [6.45, 7) is 4.23. The van der Waals surface area contributed by atoms with Crippen molar-refractivity contribution in [2.24, 2.45) is 0 Å². The highest BCUT2D eigenvalue weighted by Crippen LogP contribution is 2.25. The number of carbonyl (C=O) groups is 2. The zero-order valence-corrected chi connectivity index (χ0v) is 19.9. The molecule has 0 N–H and O–H groups in total. The van der Waals surface area contributed by atoms with Crippen molar-refractivity contribution in [1.82, 2.24) is 13.5 Å². The number of sulfonamides is 2. The van der Waals surface area contributed by atoms with E-state index in [1.807, 2.05) is 0 Å². The van der Waals surface area contributed by atoms with Crippen LogP contribution in [0.25, 0.3) is 0 Å². The number of hydrogen-bond donors (Lipinski definition) is 0. The summed E-state index contributed by atoms with van der Waals surface area (Å²) in [4.78, 5) is 26.3. The molecular formula is C19H29N3O8S2. The summed E-state index contributed by atoms with van der Waals surface area (Å²) in [7, 11) is -7.48. The average molecular weight is 492 g/mol.